The fourth-order valence-electron chi connectivity index (χ4n) is 1.25. The van der Waals surface area contributed by atoms with Crippen LogP contribution in [0.1, 0.15) is 41.0 Å². The van der Waals surface area contributed by atoms with Gasteiger partial charge in [0.1, 0.15) is 6.33 Å². The van der Waals surface area contributed by atoms with Gasteiger partial charge in [0, 0.05) is 0 Å². The summed E-state index contributed by atoms with van der Waals surface area (Å²) >= 11 is 0. The Labute approximate surface area is 109 Å². The molecule has 1 aromatic rings. The van der Waals surface area contributed by atoms with E-state index in [1.54, 1.807) is 0 Å². The van der Waals surface area contributed by atoms with E-state index in [0.29, 0.717) is 24.1 Å². The predicted octanol–water partition coefficient (Wildman–Crippen LogP) is 2.66. The van der Waals surface area contributed by atoms with Crippen LogP contribution < -0.4 is 15.2 Å². The Balaban J connectivity index is 2.66. The molecule has 2 N–H and O–H groups in total. The van der Waals surface area contributed by atoms with Crippen LogP contribution in [0.4, 0.5) is 5.69 Å². The van der Waals surface area contributed by atoms with Crippen LogP contribution in [0.5, 0.6) is 11.8 Å². The molecule has 0 amide bonds. The van der Waals surface area contributed by atoms with Gasteiger partial charge in [-0.2, -0.15) is 9.97 Å². The van der Waals surface area contributed by atoms with E-state index in [1.165, 1.54) is 6.33 Å². The molecule has 0 spiro atoms. The van der Waals surface area contributed by atoms with E-state index in [2.05, 4.69) is 30.7 Å². The van der Waals surface area contributed by atoms with Crippen LogP contribution in [-0.4, -0.2) is 22.7 Å². The molecule has 5 heteroatoms. The van der Waals surface area contributed by atoms with Gasteiger partial charge in [-0.1, -0.05) is 20.8 Å². The lowest BCUT2D eigenvalue weighted by atomic mass is 9.93. The molecule has 0 bridgehead atoms. The summed E-state index contributed by atoms with van der Waals surface area (Å²) in [4.78, 5) is 8.03. The molecule has 5 nitrogen and oxygen atoms in total. The number of nitrogen functional groups attached to an aromatic ring is 1. The maximum atomic E-state index is 5.91. The highest BCUT2D eigenvalue weighted by molar-refractivity contribution is 5.55. The smallest absolute Gasteiger partial charge is 0.244 e. The first-order valence-electron chi connectivity index (χ1n) is 6.19. The van der Waals surface area contributed by atoms with Crippen molar-refractivity contribution in [2.45, 2.75) is 47.1 Å². The maximum absolute atomic E-state index is 5.91. The van der Waals surface area contributed by atoms with Crippen LogP contribution in [-0.2, 0) is 0 Å². The average molecular weight is 253 g/mol. The Hall–Kier alpha value is -1.52. The lowest BCUT2D eigenvalue weighted by molar-refractivity contribution is 0.223. The number of rotatable bonds is 5. The third kappa shape index (κ3) is 4.77. The molecule has 0 aliphatic carbocycles. The van der Waals surface area contributed by atoms with Crippen molar-refractivity contribution in [3.8, 4) is 11.8 Å². The summed E-state index contributed by atoms with van der Waals surface area (Å²) in [7, 11) is 0. The van der Waals surface area contributed by atoms with E-state index in [0.717, 1.165) is 6.42 Å². The molecule has 1 aromatic heterocycles. The number of hydrogen-bond acceptors (Lipinski definition) is 5. The van der Waals surface area contributed by atoms with Gasteiger partial charge >= 0.3 is 0 Å². The molecule has 0 atom stereocenters. The Kier molecular flexibility index (Phi) is 4.76. The largest absolute Gasteiger partial charge is 0.476 e. The maximum Gasteiger partial charge on any atom is 0.244 e. The SMILES string of the molecule is CC(C)Oc1ncnc(OCCC(C)(C)C)c1N. The first-order chi connectivity index (χ1) is 8.29. The fourth-order valence-corrected chi connectivity index (χ4v) is 1.25. The van der Waals surface area contributed by atoms with Crippen molar-refractivity contribution in [3.63, 3.8) is 0 Å². The van der Waals surface area contributed by atoms with Gasteiger partial charge in [-0.25, -0.2) is 0 Å². The van der Waals surface area contributed by atoms with Crippen LogP contribution in [0.15, 0.2) is 6.33 Å². The van der Waals surface area contributed by atoms with Gasteiger partial charge < -0.3 is 15.2 Å². The number of nitrogens with two attached hydrogens (primary N) is 1. The molecule has 0 saturated carbocycles. The monoisotopic (exact) mass is 253 g/mol. The van der Waals surface area contributed by atoms with E-state index >= 15 is 0 Å². The van der Waals surface area contributed by atoms with Gasteiger partial charge in [0.25, 0.3) is 0 Å². The lowest BCUT2D eigenvalue weighted by Gasteiger charge is -2.18. The molecular weight excluding hydrogens is 230 g/mol. The van der Waals surface area contributed by atoms with Crippen LogP contribution in [0.25, 0.3) is 0 Å². The Morgan fingerprint density at radius 2 is 1.83 bits per heavy atom. The third-order valence-electron chi connectivity index (χ3n) is 2.25. The quantitative estimate of drug-likeness (QED) is 0.873. The van der Waals surface area contributed by atoms with Crippen molar-refractivity contribution in [1.82, 2.24) is 9.97 Å². The molecule has 0 aliphatic rings. The standard InChI is InChI=1S/C13H23N3O2/c1-9(2)18-12-10(14)11(15-8-16-12)17-7-6-13(3,4)5/h8-9H,6-7,14H2,1-5H3. The lowest BCUT2D eigenvalue weighted by Crippen LogP contribution is -2.14. The summed E-state index contributed by atoms with van der Waals surface area (Å²) < 4.78 is 11.1. The molecule has 0 radical (unpaired) electrons. The second kappa shape index (κ2) is 5.89. The van der Waals surface area contributed by atoms with Gasteiger partial charge in [0.05, 0.1) is 12.7 Å². The minimum atomic E-state index is 0.0182. The zero-order chi connectivity index (χ0) is 13.8. The molecule has 0 saturated heterocycles. The highest BCUT2D eigenvalue weighted by atomic mass is 16.5. The number of anilines is 1. The van der Waals surface area contributed by atoms with Crippen molar-refractivity contribution in [3.05, 3.63) is 6.33 Å². The van der Waals surface area contributed by atoms with E-state index in [9.17, 15) is 0 Å². The van der Waals surface area contributed by atoms with Crippen molar-refractivity contribution >= 4 is 5.69 Å². The zero-order valence-electron chi connectivity index (χ0n) is 11.9. The minimum absolute atomic E-state index is 0.0182. The molecule has 0 fully saturated rings. The van der Waals surface area contributed by atoms with E-state index in [4.69, 9.17) is 15.2 Å². The first-order valence-corrected chi connectivity index (χ1v) is 6.19. The van der Waals surface area contributed by atoms with Crippen molar-refractivity contribution < 1.29 is 9.47 Å². The van der Waals surface area contributed by atoms with Crippen LogP contribution in [0, 0.1) is 5.41 Å². The summed E-state index contributed by atoms with van der Waals surface area (Å²) in [6.45, 7) is 10.9. The molecule has 1 rings (SSSR count). The fraction of sp³-hybridized carbons (Fsp3) is 0.692. The van der Waals surface area contributed by atoms with Crippen molar-refractivity contribution in [2.24, 2.45) is 5.41 Å². The topological polar surface area (TPSA) is 70.3 Å². The van der Waals surface area contributed by atoms with Crippen LogP contribution in [0.2, 0.25) is 0 Å². The van der Waals surface area contributed by atoms with Crippen molar-refractivity contribution in [2.75, 3.05) is 12.3 Å². The van der Waals surface area contributed by atoms with Crippen LogP contribution in [0.3, 0.4) is 0 Å². The van der Waals surface area contributed by atoms with E-state index in [-0.39, 0.29) is 11.5 Å². The molecule has 18 heavy (non-hydrogen) atoms. The molecule has 1 heterocycles. The third-order valence-corrected chi connectivity index (χ3v) is 2.25. The van der Waals surface area contributed by atoms with Gasteiger partial charge in [-0.3, -0.25) is 0 Å². The highest BCUT2D eigenvalue weighted by Gasteiger charge is 2.14. The highest BCUT2D eigenvalue weighted by Crippen LogP contribution is 2.28. The Morgan fingerprint density at radius 1 is 1.22 bits per heavy atom. The molecule has 102 valence electrons. The second-order valence-electron chi connectivity index (χ2n) is 5.72. The number of aromatic nitrogens is 2. The summed E-state index contributed by atoms with van der Waals surface area (Å²) in [5.41, 5.74) is 6.49. The molecule has 0 aliphatic heterocycles. The number of ether oxygens (including phenoxy) is 2. The van der Waals surface area contributed by atoms with E-state index < -0.39 is 0 Å². The van der Waals surface area contributed by atoms with Crippen LogP contribution >= 0.6 is 0 Å². The molecule has 0 aromatic carbocycles. The van der Waals surface area contributed by atoms with E-state index in [1.807, 2.05) is 13.8 Å². The van der Waals surface area contributed by atoms with Gasteiger partial charge in [0.15, 0.2) is 5.69 Å². The van der Waals surface area contributed by atoms with Crippen molar-refractivity contribution in [1.29, 1.82) is 0 Å². The molecular formula is C13H23N3O2. The Morgan fingerprint density at radius 3 is 2.39 bits per heavy atom. The predicted molar refractivity (Wildman–Crippen MR) is 71.8 cm³/mol. The second-order valence-corrected chi connectivity index (χ2v) is 5.72. The summed E-state index contributed by atoms with van der Waals surface area (Å²) in [5, 5.41) is 0. The average Bonchev–Trinajstić information content (AvgIpc) is 2.21. The number of hydrogen-bond donors (Lipinski definition) is 1. The summed E-state index contributed by atoms with van der Waals surface area (Å²) in [6.07, 6.45) is 2.35. The first kappa shape index (κ1) is 14.5. The summed E-state index contributed by atoms with van der Waals surface area (Å²) in [6, 6.07) is 0. The van der Waals surface area contributed by atoms with Gasteiger partial charge in [-0.05, 0) is 25.7 Å². The number of nitrogens with zero attached hydrogens (tertiary/aromatic N) is 2. The van der Waals surface area contributed by atoms with Gasteiger partial charge in [-0.15, -0.1) is 0 Å². The zero-order valence-corrected chi connectivity index (χ0v) is 11.9. The Bertz CT molecular complexity index is 386. The molecule has 0 unspecified atom stereocenters. The normalized spacial score (nSPS) is 11.7. The van der Waals surface area contributed by atoms with Gasteiger partial charge in [0.2, 0.25) is 11.8 Å². The minimum Gasteiger partial charge on any atom is -0.476 e. The summed E-state index contributed by atoms with van der Waals surface area (Å²) in [5.74, 6) is 0.774.